The molecule has 9 nitrogen and oxygen atoms in total. The number of aromatic nitrogens is 1. The third-order valence-corrected chi connectivity index (χ3v) is 6.32. The predicted octanol–water partition coefficient (Wildman–Crippen LogP) is 3.39. The van der Waals surface area contributed by atoms with Crippen molar-refractivity contribution in [1.29, 1.82) is 0 Å². The first kappa shape index (κ1) is 20.5. The number of aryl methyl sites for hydroxylation is 2. The van der Waals surface area contributed by atoms with Crippen molar-refractivity contribution in [3.8, 4) is 0 Å². The highest BCUT2D eigenvalue weighted by Gasteiger charge is 2.27. The average Bonchev–Trinajstić information content (AvgIpc) is 3.40. The zero-order valence-electron chi connectivity index (χ0n) is 16.8. The maximum Gasteiger partial charge on any atom is 0.433 e. The quantitative estimate of drug-likeness (QED) is 0.436. The molecule has 0 unspecified atom stereocenters. The number of benzene rings is 1. The lowest BCUT2D eigenvalue weighted by atomic mass is 10.1. The van der Waals surface area contributed by atoms with Crippen molar-refractivity contribution in [3.05, 3.63) is 51.3 Å². The first-order chi connectivity index (χ1) is 14.4. The molecule has 158 valence electrons. The Hall–Kier alpha value is -2.82. The number of fused-ring (bicyclic) bond motifs is 1. The third kappa shape index (κ3) is 4.07. The summed E-state index contributed by atoms with van der Waals surface area (Å²) in [5.41, 5.74) is 3.07. The first-order valence-electron chi connectivity index (χ1n) is 9.67. The van der Waals surface area contributed by atoms with Gasteiger partial charge in [-0.2, -0.15) is 0 Å². The van der Waals surface area contributed by atoms with Gasteiger partial charge in [-0.3, -0.25) is 24.7 Å². The molecule has 0 atom stereocenters. The summed E-state index contributed by atoms with van der Waals surface area (Å²) >= 11 is 1.43. The molecule has 2 aromatic heterocycles. The number of nitrogens with zero attached hydrogens (tertiary/aromatic N) is 4. The van der Waals surface area contributed by atoms with Gasteiger partial charge in [0.2, 0.25) is 0 Å². The van der Waals surface area contributed by atoms with Crippen molar-refractivity contribution in [2.45, 2.75) is 13.8 Å². The zero-order chi connectivity index (χ0) is 21.3. The predicted molar refractivity (Wildman–Crippen MR) is 113 cm³/mol. The second kappa shape index (κ2) is 8.50. The van der Waals surface area contributed by atoms with Crippen molar-refractivity contribution >= 4 is 38.5 Å². The molecule has 1 amide bonds. The minimum absolute atomic E-state index is 0.0733. The van der Waals surface area contributed by atoms with E-state index in [4.69, 9.17) is 14.1 Å². The fourth-order valence-electron chi connectivity index (χ4n) is 3.35. The monoisotopic (exact) mass is 430 g/mol. The molecule has 3 heterocycles. The number of hydrogen-bond donors (Lipinski definition) is 0. The Balaban J connectivity index is 1.66. The van der Waals surface area contributed by atoms with Gasteiger partial charge in [-0.15, -0.1) is 0 Å². The van der Waals surface area contributed by atoms with E-state index in [9.17, 15) is 14.9 Å². The molecule has 1 saturated heterocycles. The van der Waals surface area contributed by atoms with Crippen molar-refractivity contribution < 1.29 is 18.9 Å². The van der Waals surface area contributed by atoms with Gasteiger partial charge in [-0.25, -0.2) is 4.98 Å². The molecule has 3 aromatic rings. The fraction of sp³-hybridized carbons (Fsp3) is 0.400. The summed E-state index contributed by atoms with van der Waals surface area (Å²) in [5.74, 6) is -0.970. The number of hydrogen-bond acceptors (Lipinski definition) is 8. The molecule has 0 radical (unpaired) electrons. The highest BCUT2D eigenvalue weighted by molar-refractivity contribution is 7.22. The van der Waals surface area contributed by atoms with Gasteiger partial charge in [0, 0.05) is 26.2 Å². The molecule has 1 aliphatic rings. The van der Waals surface area contributed by atoms with Crippen LogP contribution in [0.4, 0.5) is 11.0 Å². The Kier molecular flexibility index (Phi) is 5.80. The molecule has 4 rings (SSSR count). The van der Waals surface area contributed by atoms with Crippen LogP contribution < -0.4 is 4.90 Å². The smallest absolute Gasteiger partial charge is 0.395 e. The van der Waals surface area contributed by atoms with Crippen LogP contribution in [0.25, 0.3) is 10.2 Å². The largest absolute Gasteiger partial charge is 0.433 e. The number of thiazole rings is 1. The maximum absolute atomic E-state index is 13.2. The van der Waals surface area contributed by atoms with Gasteiger partial charge in [0.25, 0.3) is 5.91 Å². The topological polar surface area (TPSA) is 102 Å². The minimum Gasteiger partial charge on any atom is -0.395 e. The SMILES string of the molecule is Cc1ccc2sc(N(CCN3CCOCC3)C(=O)c3ccc([N+](=O)[O-])o3)nc2c1C. The molecular formula is C20H22N4O5S. The molecule has 0 bridgehead atoms. The van der Waals surface area contributed by atoms with Gasteiger partial charge in [0.1, 0.15) is 4.92 Å². The van der Waals surface area contributed by atoms with Crippen molar-refractivity contribution in [2.24, 2.45) is 0 Å². The van der Waals surface area contributed by atoms with Gasteiger partial charge in [-0.1, -0.05) is 17.4 Å². The van der Waals surface area contributed by atoms with E-state index in [1.54, 1.807) is 4.90 Å². The number of furan rings is 1. The van der Waals surface area contributed by atoms with Crippen LogP contribution in [0.5, 0.6) is 0 Å². The van der Waals surface area contributed by atoms with Crippen LogP contribution in [0, 0.1) is 24.0 Å². The lowest BCUT2D eigenvalue weighted by Gasteiger charge is -2.28. The highest BCUT2D eigenvalue weighted by atomic mass is 32.1. The summed E-state index contributed by atoms with van der Waals surface area (Å²) in [5, 5.41) is 11.5. The van der Waals surface area contributed by atoms with E-state index < -0.39 is 16.7 Å². The number of carbonyl (C=O) groups excluding carboxylic acids is 1. The Morgan fingerprint density at radius 2 is 2.03 bits per heavy atom. The number of rotatable bonds is 6. The van der Waals surface area contributed by atoms with Crippen LogP contribution in [0.2, 0.25) is 0 Å². The summed E-state index contributed by atoms with van der Waals surface area (Å²) < 4.78 is 11.5. The molecule has 1 fully saturated rings. The lowest BCUT2D eigenvalue weighted by molar-refractivity contribution is -0.402. The first-order valence-corrected chi connectivity index (χ1v) is 10.5. The Bertz CT molecular complexity index is 1090. The second-order valence-electron chi connectivity index (χ2n) is 7.16. The van der Waals surface area contributed by atoms with E-state index in [1.165, 1.54) is 23.5 Å². The standard InChI is InChI=1S/C20H22N4O5S/c1-13-3-5-16-18(14(13)2)21-20(30-16)23(8-7-22-9-11-28-12-10-22)19(25)15-4-6-17(29-15)24(26)27/h3-6H,7-12H2,1-2H3. The van der Waals surface area contributed by atoms with Crippen LogP contribution in [0.15, 0.2) is 28.7 Å². The van der Waals surface area contributed by atoms with Crippen molar-refractivity contribution in [2.75, 3.05) is 44.3 Å². The summed E-state index contributed by atoms with van der Waals surface area (Å²) in [6.07, 6.45) is 0. The fourth-order valence-corrected chi connectivity index (χ4v) is 4.40. The second-order valence-corrected chi connectivity index (χ2v) is 8.17. The van der Waals surface area contributed by atoms with Gasteiger partial charge in [0.05, 0.1) is 29.5 Å². The number of carbonyl (C=O) groups is 1. The molecule has 10 heteroatoms. The van der Waals surface area contributed by atoms with E-state index in [-0.39, 0.29) is 5.76 Å². The average molecular weight is 430 g/mol. The van der Waals surface area contributed by atoms with E-state index in [0.29, 0.717) is 31.4 Å². The number of anilines is 1. The van der Waals surface area contributed by atoms with E-state index in [1.807, 2.05) is 26.0 Å². The highest BCUT2D eigenvalue weighted by Crippen LogP contribution is 2.33. The third-order valence-electron chi connectivity index (χ3n) is 5.28. The molecule has 0 saturated carbocycles. The molecule has 0 spiro atoms. The van der Waals surface area contributed by atoms with Crippen LogP contribution in [0.3, 0.4) is 0 Å². The van der Waals surface area contributed by atoms with E-state index in [0.717, 1.165) is 34.4 Å². The minimum atomic E-state index is -0.654. The number of ether oxygens (including phenoxy) is 1. The lowest BCUT2D eigenvalue weighted by Crippen LogP contribution is -2.43. The molecule has 1 aliphatic heterocycles. The summed E-state index contributed by atoms with van der Waals surface area (Å²) in [4.78, 5) is 32.0. The molecule has 30 heavy (non-hydrogen) atoms. The van der Waals surface area contributed by atoms with Crippen molar-refractivity contribution in [3.63, 3.8) is 0 Å². The molecule has 1 aromatic carbocycles. The van der Waals surface area contributed by atoms with Crippen LogP contribution in [-0.4, -0.2) is 60.1 Å². The Labute approximate surface area is 177 Å². The zero-order valence-corrected chi connectivity index (χ0v) is 17.6. The van der Waals surface area contributed by atoms with Crippen LogP contribution in [0.1, 0.15) is 21.7 Å². The molecular weight excluding hydrogens is 408 g/mol. The number of amides is 1. The van der Waals surface area contributed by atoms with Gasteiger partial charge in [-0.05, 0) is 37.1 Å². The molecule has 0 N–H and O–H groups in total. The Morgan fingerprint density at radius 3 is 2.73 bits per heavy atom. The van der Waals surface area contributed by atoms with Gasteiger partial charge in [0.15, 0.2) is 10.9 Å². The van der Waals surface area contributed by atoms with Gasteiger partial charge >= 0.3 is 5.88 Å². The van der Waals surface area contributed by atoms with E-state index in [2.05, 4.69) is 4.90 Å². The Morgan fingerprint density at radius 1 is 1.27 bits per heavy atom. The summed E-state index contributed by atoms with van der Waals surface area (Å²) in [6.45, 7) is 8.00. The van der Waals surface area contributed by atoms with Crippen LogP contribution >= 0.6 is 11.3 Å². The summed E-state index contributed by atoms with van der Waals surface area (Å²) in [6, 6.07) is 6.57. The maximum atomic E-state index is 13.2. The van der Waals surface area contributed by atoms with Crippen LogP contribution in [-0.2, 0) is 4.74 Å². The van der Waals surface area contributed by atoms with Crippen molar-refractivity contribution in [1.82, 2.24) is 9.88 Å². The number of morpholine rings is 1. The molecule has 0 aliphatic carbocycles. The number of nitro groups is 1. The summed E-state index contributed by atoms with van der Waals surface area (Å²) in [7, 11) is 0. The van der Waals surface area contributed by atoms with E-state index >= 15 is 0 Å². The normalized spacial score (nSPS) is 14.9. The van der Waals surface area contributed by atoms with Gasteiger partial charge < -0.3 is 9.15 Å².